The summed E-state index contributed by atoms with van der Waals surface area (Å²) >= 11 is 0. The van der Waals surface area contributed by atoms with E-state index in [1.54, 1.807) is 43.5 Å². The molecule has 0 radical (unpaired) electrons. The fourth-order valence-corrected chi connectivity index (χ4v) is 2.01. The monoisotopic (exact) mass is 304 g/mol. The summed E-state index contributed by atoms with van der Waals surface area (Å²) in [6.45, 7) is 0.0888. The standard InChI is InChI=1S/C17H17FO4/c1-20-14-4-3-5-15(10-14)22-11-16(17(19)21-2)12-6-8-13(18)9-7-12/h3-10,16H,11H2,1-2H3. The molecular formula is C17H17FO4. The van der Waals surface area contributed by atoms with E-state index in [0.29, 0.717) is 17.1 Å². The molecule has 4 nitrogen and oxygen atoms in total. The molecule has 2 aromatic rings. The Morgan fingerprint density at radius 2 is 1.77 bits per heavy atom. The van der Waals surface area contributed by atoms with Crippen LogP contribution in [0.15, 0.2) is 48.5 Å². The summed E-state index contributed by atoms with van der Waals surface area (Å²) in [5.41, 5.74) is 0.635. The van der Waals surface area contributed by atoms with Gasteiger partial charge in [-0.3, -0.25) is 4.79 Å². The van der Waals surface area contributed by atoms with Crippen molar-refractivity contribution in [1.82, 2.24) is 0 Å². The molecule has 0 heterocycles. The Labute approximate surface area is 128 Å². The van der Waals surface area contributed by atoms with Gasteiger partial charge in [-0.1, -0.05) is 18.2 Å². The Hall–Kier alpha value is -2.56. The number of hydrogen-bond donors (Lipinski definition) is 0. The van der Waals surface area contributed by atoms with Crippen molar-refractivity contribution in [3.8, 4) is 11.5 Å². The molecule has 0 aliphatic carbocycles. The largest absolute Gasteiger partial charge is 0.497 e. The zero-order valence-electron chi connectivity index (χ0n) is 12.4. The molecule has 0 aliphatic rings. The average Bonchev–Trinajstić information content (AvgIpc) is 2.56. The molecule has 0 aliphatic heterocycles. The molecule has 0 bridgehead atoms. The minimum Gasteiger partial charge on any atom is -0.497 e. The predicted molar refractivity (Wildman–Crippen MR) is 79.6 cm³/mol. The first-order valence-electron chi connectivity index (χ1n) is 6.74. The second kappa shape index (κ2) is 7.45. The molecule has 1 unspecified atom stereocenters. The van der Waals surface area contributed by atoms with Crippen LogP contribution >= 0.6 is 0 Å². The summed E-state index contributed by atoms with van der Waals surface area (Å²) < 4.78 is 28.6. The van der Waals surface area contributed by atoms with Gasteiger partial charge >= 0.3 is 5.97 Å². The summed E-state index contributed by atoms with van der Waals surface area (Å²) in [6.07, 6.45) is 0. The molecular weight excluding hydrogens is 287 g/mol. The van der Waals surface area contributed by atoms with Crippen molar-refractivity contribution in [2.24, 2.45) is 0 Å². The van der Waals surface area contributed by atoms with Crippen LogP contribution in [0.25, 0.3) is 0 Å². The molecule has 0 saturated heterocycles. The van der Waals surface area contributed by atoms with E-state index < -0.39 is 11.9 Å². The summed E-state index contributed by atoms with van der Waals surface area (Å²) in [6, 6.07) is 12.8. The minimum absolute atomic E-state index is 0.0888. The number of hydrogen-bond acceptors (Lipinski definition) is 4. The molecule has 0 N–H and O–H groups in total. The van der Waals surface area contributed by atoms with Crippen LogP contribution in [0.3, 0.4) is 0 Å². The Morgan fingerprint density at radius 1 is 1.09 bits per heavy atom. The molecule has 2 rings (SSSR count). The lowest BCUT2D eigenvalue weighted by Crippen LogP contribution is -2.21. The third-order valence-electron chi connectivity index (χ3n) is 3.22. The topological polar surface area (TPSA) is 44.8 Å². The van der Waals surface area contributed by atoms with Crippen molar-refractivity contribution in [3.63, 3.8) is 0 Å². The van der Waals surface area contributed by atoms with Crippen molar-refractivity contribution in [2.45, 2.75) is 5.92 Å². The van der Waals surface area contributed by atoms with Gasteiger partial charge in [-0.2, -0.15) is 0 Å². The first kappa shape index (κ1) is 15.8. The number of rotatable bonds is 6. The van der Waals surface area contributed by atoms with Crippen LogP contribution in [0.2, 0.25) is 0 Å². The number of benzene rings is 2. The molecule has 116 valence electrons. The Bertz CT molecular complexity index is 625. The number of carbonyl (C=O) groups excluding carboxylic acids is 1. The van der Waals surface area contributed by atoms with Crippen molar-refractivity contribution < 1.29 is 23.4 Å². The first-order chi connectivity index (χ1) is 10.6. The molecule has 0 fully saturated rings. The molecule has 0 amide bonds. The van der Waals surface area contributed by atoms with Crippen LogP contribution in [0.1, 0.15) is 11.5 Å². The van der Waals surface area contributed by atoms with E-state index in [9.17, 15) is 9.18 Å². The van der Waals surface area contributed by atoms with Gasteiger partial charge in [0, 0.05) is 6.07 Å². The van der Waals surface area contributed by atoms with Crippen molar-refractivity contribution in [3.05, 3.63) is 59.9 Å². The smallest absolute Gasteiger partial charge is 0.316 e. The highest BCUT2D eigenvalue weighted by molar-refractivity contribution is 5.78. The van der Waals surface area contributed by atoms with E-state index in [0.717, 1.165) is 0 Å². The summed E-state index contributed by atoms with van der Waals surface area (Å²) in [5.74, 6) is -0.184. The maximum atomic E-state index is 13.0. The van der Waals surface area contributed by atoms with Gasteiger partial charge in [0.1, 0.15) is 29.8 Å². The predicted octanol–water partition coefficient (Wildman–Crippen LogP) is 3.17. The van der Waals surface area contributed by atoms with Crippen LogP contribution in [0.4, 0.5) is 4.39 Å². The quantitative estimate of drug-likeness (QED) is 0.769. The first-order valence-corrected chi connectivity index (χ1v) is 6.74. The lowest BCUT2D eigenvalue weighted by molar-refractivity contribution is -0.143. The molecule has 22 heavy (non-hydrogen) atoms. The number of halogens is 1. The molecule has 0 aromatic heterocycles. The van der Waals surface area contributed by atoms with Crippen LogP contribution in [0, 0.1) is 5.82 Å². The summed E-state index contributed by atoms with van der Waals surface area (Å²) in [4.78, 5) is 11.9. The number of esters is 1. The van der Waals surface area contributed by atoms with Gasteiger partial charge in [-0.25, -0.2) is 4.39 Å². The van der Waals surface area contributed by atoms with Gasteiger partial charge < -0.3 is 14.2 Å². The number of carbonyl (C=O) groups is 1. The van der Waals surface area contributed by atoms with Gasteiger partial charge in [0.25, 0.3) is 0 Å². The van der Waals surface area contributed by atoms with Gasteiger partial charge in [0.15, 0.2) is 0 Å². The van der Waals surface area contributed by atoms with Crippen LogP contribution < -0.4 is 9.47 Å². The molecule has 2 aromatic carbocycles. The fraction of sp³-hybridized carbons (Fsp3) is 0.235. The Morgan fingerprint density at radius 3 is 2.41 bits per heavy atom. The maximum absolute atomic E-state index is 13.0. The lowest BCUT2D eigenvalue weighted by atomic mass is 10.0. The van der Waals surface area contributed by atoms with Crippen LogP contribution in [-0.4, -0.2) is 26.8 Å². The second-order valence-corrected chi connectivity index (χ2v) is 4.62. The van der Waals surface area contributed by atoms with Crippen LogP contribution in [-0.2, 0) is 9.53 Å². The van der Waals surface area contributed by atoms with E-state index in [4.69, 9.17) is 14.2 Å². The van der Waals surface area contributed by atoms with E-state index in [-0.39, 0.29) is 12.4 Å². The minimum atomic E-state index is -0.628. The summed E-state index contributed by atoms with van der Waals surface area (Å²) in [5, 5.41) is 0. The SMILES string of the molecule is COC(=O)C(COc1cccc(OC)c1)c1ccc(F)cc1. The zero-order valence-corrected chi connectivity index (χ0v) is 12.4. The van der Waals surface area contributed by atoms with Crippen molar-refractivity contribution in [1.29, 1.82) is 0 Å². The van der Waals surface area contributed by atoms with Gasteiger partial charge in [0.2, 0.25) is 0 Å². The molecule has 1 atom stereocenters. The normalized spacial score (nSPS) is 11.6. The highest BCUT2D eigenvalue weighted by Gasteiger charge is 2.22. The van der Waals surface area contributed by atoms with Gasteiger partial charge in [0.05, 0.1) is 14.2 Å². The molecule has 0 spiro atoms. The van der Waals surface area contributed by atoms with Gasteiger partial charge in [-0.05, 0) is 29.8 Å². The second-order valence-electron chi connectivity index (χ2n) is 4.62. The van der Waals surface area contributed by atoms with E-state index in [1.165, 1.54) is 19.2 Å². The number of ether oxygens (including phenoxy) is 3. The Balaban J connectivity index is 2.13. The van der Waals surface area contributed by atoms with E-state index >= 15 is 0 Å². The number of methoxy groups -OCH3 is 2. The van der Waals surface area contributed by atoms with E-state index in [1.807, 2.05) is 0 Å². The molecule has 0 saturated carbocycles. The highest BCUT2D eigenvalue weighted by atomic mass is 19.1. The third-order valence-corrected chi connectivity index (χ3v) is 3.22. The van der Waals surface area contributed by atoms with E-state index in [2.05, 4.69) is 0 Å². The lowest BCUT2D eigenvalue weighted by Gasteiger charge is -2.16. The fourth-order valence-electron chi connectivity index (χ4n) is 2.01. The van der Waals surface area contributed by atoms with Crippen molar-refractivity contribution >= 4 is 5.97 Å². The zero-order chi connectivity index (χ0) is 15.9. The Kier molecular flexibility index (Phi) is 5.36. The average molecular weight is 304 g/mol. The third kappa shape index (κ3) is 3.97. The van der Waals surface area contributed by atoms with Crippen molar-refractivity contribution in [2.75, 3.05) is 20.8 Å². The highest BCUT2D eigenvalue weighted by Crippen LogP contribution is 2.23. The maximum Gasteiger partial charge on any atom is 0.316 e. The van der Waals surface area contributed by atoms with Crippen LogP contribution in [0.5, 0.6) is 11.5 Å². The van der Waals surface area contributed by atoms with Gasteiger partial charge in [-0.15, -0.1) is 0 Å². The molecule has 5 heteroatoms. The summed E-state index contributed by atoms with van der Waals surface area (Å²) in [7, 11) is 2.87.